The highest BCUT2D eigenvalue weighted by atomic mass is 32.2. The van der Waals surface area contributed by atoms with Gasteiger partial charge < -0.3 is 20.1 Å². The maximum atomic E-state index is 13.6. The number of H-pyrrole nitrogens is 1. The molecule has 0 radical (unpaired) electrons. The van der Waals surface area contributed by atoms with Gasteiger partial charge in [0.15, 0.2) is 15.4 Å². The average molecular weight is 588 g/mol. The van der Waals surface area contributed by atoms with Crippen LogP contribution in [0, 0.1) is 17.8 Å². The minimum atomic E-state index is -5.19. The Bertz CT molecular complexity index is 1350. The summed E-state index contributed by atoms with van der Waals surface area (Å²) < 4.78 is 57.3. The average Bonchev–Trinajstić information content (AvgIpc) is 3.21. The topological polar surface area (TPSA) is 128 Å². The van der Waals surface area contributed by atoms with Crippen LogP contribution in [0.1, 0.15) is 69.1 Å². The third-order valence-corrected chi connectivity index (χ3v) is 10.9. The normalized spacial score (nSPS) is 31.4. The van der Waals surface area contributed by atoms with Gasteiger partial charge in [-0.25, -0.2) is 13.4 Å². The molecular weight excluding hydrogens is 549 g/mol. The molecule has 5 aliphatic rings. The Balaban J connectivity index is 0.000000434. The molecule has 5 fully saturated rings. The van der Waals surface area contributed by atoms with Gasteiger partial charge >= 0.3 is 17.9 Å². The highest BCUT2D eigenvalue weighted by Crippen LogP contribution is 2.55. The van der Waals surface area contributed by atoms with E-state index in [9.17, 15) is 26.4 Å². The summed E-state index contributed by atoms with van der Waals surface area (Å²) in [4.78, 5) is 27.2. The van der Waals surface area contributed by atoms with E-state index in [1.807, 2.05) is 22.7 Å². The van der Waals surface area contributed by atoms with Crippen LogP contribution in [-0.4, -0.2) is 61.6 Å². The number of sulfone groups is 1. The van der Waals surface area contributed by atoms with Crippen LogP contribution in [0.3, 0.4) is 0 Å². The van der Waals surface area contributed by atoms with Gasteiger partial charge in [-0.1, -0.05) is 6.07 Å². The summed E-state index contributed by atoms with van der Waals surface area (Å²) in [7, 11) is -2.96. The molecule has 2 aromatic rings. The number of alkyl halides is 3. The Morgan fingerprint density at radius 1 is 1.12 bits per heavy atom. The fourth-order valence-corrected chi connectivity index (χ4v) is 8.96. The van der Waals surface area contributed by atoms with Crippen LogP contribution in [0.25, 0.3) is 5.52 Å². The third-order valence-electron chi connectivity index (χ3n) is 9.21. The molecule has 0 atom stereocenters. The van der Waals surface area contributed by atoms with Crippen LogP contribution in [0.4, 0.5) is 13.2 Å². The molecule has 222 valence electrons. The summed E-state index contributed by atoms with van der Waals surface area (Å²) in [5, 5.41) is 12.1. The van der Waals surface area contributed by atoms with Crippen LogP contribution in [0.15, 0.2) is 24.4 Å². The van der Waals surface area contributed by atoms with Crippen LogP contribution in [0.5, 0.6) is 0 Å². The number of piperidine rings is 1. The van der Waals surface area contributed by atoms with E-state index < -0.39 is 22.0 Å². The number of carboxylic acids is 1. The maximum Gasteiger partial charge on any atom is 0.430 e. The quantitative estimate of drug-likeness (QED) is 0.442. The van der Waals surface area contributed by atoms with Gasteiger partial charge in [0.05, 0.1) is 24.5 Å². The second kappa shape index (κ2) is 10.6. The van der Waals surface area contributed by atoms with E-state index in [1.54, 1.807) is 0 Å². The molecule has 0 spiro atoms. The zero-order valence-electron chi connectivity index (χ0n) is 22.4. The second-order valence-corrected chi connectivity index (χ2v) is 14.6. The van der Waals surface area contributed by atoms with E-state index in [-0.39, 0.29) is 18.1 Å². The summed E-state index contributed by atoms with van der Waals surface area (Å²) in [6.45, 7) is 2.45. The number of pyridine rings is 1. The molecule has 3 heterocycles. The van der Waals surface area contributed by atoms with Crippen molar-refractivity contribution >= 4 is 27.2 Å². The smallest absolute Gasteiger partial charge is 0.430 e. The van der Waals surface area contributed by atoms with E-state index >= 15 is 0 Å². The fraction of sp³-hybridized carbons (Fsp3) is 0.667. The largest absolute Gasteiger partial charge is 0.542 e. The molecule has 0 unspecified atom stereocenters. The maximum absolute atomic E-state index is 13.6. The van der Waals surface area contributed by atoms with Gasteiger partial charge in [-0.15, -0.1) is 0 Å². The third kappa shape index (κ3) is 6.14. The van der Waals surface area contributed by atoms with Gasteiger partial charge in [-0.3, -0.25) is 4.79 Å². The molecule has 3 N–H and O–H groups in total. The Labute approximate surface area is 232 Å². The summed E-state index contributed by atoms with van der Waals surface area (Å²) in [5.74, 6) is -0.0136. The van der Waals surface area contributed by atoms with Gasteiger partial charge in [-0.05, 0) is 68.4 Å². The Hall–Kier alpha value is -2.67. The van der Waals surface area contributed by atoms with Gasteiger partial charge in [0, 0.05) is 26.1 Å². The lowest BCUT2D eigenvalue weighted by molar-refractivity contribution is -0.918. The van der Waals surface area contributed by atoms with E-state index in [1.165, 1.54) is 30.4 Å². The molecule has 0 aromatic carbocycles. The number of fused-ring (bicyclic) bond motifs is 1. The van der Waals surface area contributed by atoms with Crippen molar-refractivity contribution in [2.45, 2.75) is 74.9 Å². The standard InChI is InChI=1S/C25H34N4O3S.C2HF3O2.H2/c1-33(31,32)20-5-8-28(9-6-20)16-21-22-4-2-3-7-29(22)23(26-21)24(30)27-25-13-17-10-18(14-25)12-19(11-17)15-25;3-2(4,5)1(6)7;/h2-4,7,17-20H,5-6,8-16H2,1H3,(H,27,30);(H,6,7);1H/p+1. The number of rotatable bonds is 5. The van der Waals surface area contributed by atoms with E-state index in [0.717, 1.165) is 67.9 Å². The number of nitrogens with one attached hydrogen (secondary N) is 3. The number of aliphatic carboxylic acids is 1. The van der Waals surface area contributed by atoms with Gasteiger partial charge in [0.2, 0.25) is 5.69 Å². The number of carboxylic acid groups (broad SMARTS) is 1. The molecule has 40 heavy (non-hydrogen) atoms. The number of hydrogen-bond acceptors (Lipinski definition) is 5. The highest BCUT2D eigenvalue weighted by Gasteiger charge is 2.52. The monoisotopic (exact) mass is 587 g/mol. The summed E-state index contributed by atoms with van der Waals surface area (Å²) in [6, 6.07) is 6.05. The number of carbonyl (C=O) groups is 2. The highest BCUT2D eigenvalue weighted by molar-refractivity contribution is 7.91. The molecule has 1 saturated heterocycles. The first-order valence-corrected chi connectivity index (χ1v) is 15.8. The van der Waals surface area contributed by atoms with Crippen molar-refractivity contribution in [3.05, 3.63) is 35.9 Å². The molecule has 7 rings (SSSR count). The first kappa shape index (κ1) is 28.8. The number of aromatic nitrogens is 2. The van der Waals surface area contributed by atoms with Crippen molar-refractivity contribution in [2.24, 2.45) is 17.8 Å². The predicted octanol–water partition coefficient (Wildman–Crippen LogP) is 0.589. The van der Waals surface area contributed by atoms with Crippen LogP contribution < -0.4 is 19.7 Å². The number of amides is 1. The first-order valence-electron chi connectivity index (χ1n) is 13.9. The molecule has 9 nitrogen and oxygen atoms in total. The summed E-state index contributed by atoms with van der Waals surface area (Å²) in [6.07, 6.45) is 7.04. The second-order valence-electron chi connectivity index (χ2n) is 12.3. The minimum absolute atomic E-state index is 0. The number of carbonyl (C=O) groups excluding carboxylic acids is 2. The molecular formula is C27H38F3N4O5S+. The number of quaternary nitrogens is 1. The van der Waals surface area contributed by atoms with E-state index in [0.29, 0.717) is 18.7 Å². The van der Waals surface area contributed by atoms with Gasteiger partial charge in [-0.2, -0.15) is 17.6 Å². The zero-order valence-corrected chi connectivity index (χ0v) is 23.2. The molecule has 1 aliphatic heterocycles. The van der Waals surface area contributed by atoms with E-state index in [4.69, 9.17) is 9.90 Å². The number of likely N-dealkylation sites (tertiary alicyclic amines) is 1. The number of halogens is 3. The minimum Gasteiger partial charge on any atom is -0.542 e. The molecule has 4 saturated carbocycles. The lowest BCUT2D eigenvalue weighted by Gasteiger charge is -2.56. The lowest BCUT2D eigenvalue weighted by atomic mass is 9.53. The molecule has 1 amide bonds. The molecule has 4 bridgehead atoms. The predicted molar refractivity (Wildman–Crippen MR) is 138 cm³/mol. The van der Waals surface area contributed by atoms with Gasteiger partial charge in [0.25, 0.3) is 0 Å². The molecule has 4 aliphatic carbocycles. The van der Waals surface area contributed by atoms with Gasteiger partial charge in [0.1, 0.15) is 12.5 Å². The van der Waals surface area contributed by atoms with Crippen LogP contribution in [-0.2, 0) is 21.2 Å². The van der Waals surface area contributed by atoms with E-state index in [2.05, 4.69) is 16.4 Å². The Morgan fingerprint density at radius 2 is 1.68 bits per heavy atom. The van der Waals surface area contributed by atoms with Crippen LogP contribution in [0.2, 0.25) is 0 Å². The number of aromatic amines is 1. The SMILES string of the molecule is CS(=O)(=O)C1CC[NH+](Cc2[nH]c(C(=O)NC34CC5CC(CC(C5)C3)C4)[n+]3ccccc23)CC1.O=C([O-])C(F)(F)F.[HH]. The summed E-state index contributed by atoms with van der Waals surface area (Å²) in [5.41, 5.74) is 2.07. The van der Waals surface area contributed by atoms with Crippen molar-refractivity contribution in [1.82, 2.24) is 10.3 Å². The number of imidazole rings is 1. The van der Waals surface area contributed by atoms with Crippen molar-refractivity contribution in [1.29, 1.82) is 0 Å². The van der Waals surface area contributed by atoms with Crippen molar-refractivity contribution in [3.63, 3.8) is 0 Å². The Morgan fingerprint density at radius 3 is 2.17 bits per heavy atom. The molecule has 13 heteroatoms. The number of nitrogens with zero attached hydrogens (tertiary/aromatic N) is 1. The first-order chi connectivity index (χ1) is 18.7. The zero-order chi connectivity index (χ0) is 28.9. The van der Waals surface area contributed by atoms with Crippen molar-refractivity contribution < 1.29 is 47.0 Å². The van der Waals surface area contributed by atoms with Crippen LogP contribution >= 0.6 is 0 Å². The van der Waals surface area contributed by atoms with Crippen molar-refractivity contribution in [3.8, 4) is 0 Å². The number of hydrogen-bond donors (Lipinski definition) is 3. The Kier molecular flexibility index (Phi) is 7.66. The molecule has 2 aromatic heterocycles. The summed E-state index contributed by atoms with van der Waals surface area (Å²) >= 11 is 0. The fourth-order valence-electron chi connectivity index (χ4n) is 7.87. The lowest BCUT2D eigenvalue weighted by Crippen LogP contribution is -3.12. The van der Waals surface area contributed by atoms with Crippen molar-refractivity contribution in [2.75, 3.05) is 19.3 Å².